The van der Waals surface area contributed by atoms with Crippen LogP contribution in [0.1, 0.15) is 50.0 Å². The number of aromatic nitrogens is 1. The van der Waals surface area contributed by atoms with Gasteiger partial charge in [0.1, 0.15) is 5.01 Å². The first-order chi connectivity index (χ1) is 14.2. The number of hydrogen-bond acceptors (Lipinski definition) is 4. The number of nitrogens with zero attached hydrogens (tertiary/aromatic N) is 3. The molecule has 2 fully saturated rings. The van der Waals surface area contributed by atoms with E-state index in [0.717, 1.165) is 72.8 Å². The summed E-state index contributed by atoms with van der Waals surface area (Å²) in [4.78, 5) is 21.9. The van der Waals surface area contributed by atoms with Gasteiger partial charge in [-0.2, -0.15) is 0 Å². The number of thiazole rings is 1. The van der Waals surface area contributed by atoms with Crippen molar-refractivity contribution < 1.29 is 4.79 Å². The van der Waals surface area contributed by atoms with Gasteiger partial charge in [0, 0.05) is 48.6 Å². The third-order valence-corrected chi connectivity index (χ3v) is 7.35. The lowest BCUT2D eigenvalue weighted by Crippen LogP contribution is -2.48. The SMILES string of the molecule is O=C(CCC1CCCCC1)N1CCN(Cc2nc(-c3ccc(Cl)cc3)cs2)CC1. The van der Waals surface area contributed by atoms with Crippen LogP contribution in [0.15, 0.2) is 29.6 Å². The minimum atomic E-state index is 0.356. The van der Waals surface area contributed by atoms with Crippen LogP contribution in [0.5, 0.6) is 0 Å². The van der Waals surface area contributed by atoms with Crippen molar-refractivity contribution in [2.24, 2.45) is 5.92 Å². The average Bonchev–Trinajstić information content (AvgIpc) is 3.22. The molecule has 0 atom stereocenters. The fourth-order valence-electron chi connectivity index (χ4n) is 4.44. The van der Waals surface area contributed by atoms with Crippen molar-refractivity contribution in [2.75, 3.05) is 26.2 Å². The zero-order chi connectivity index (χ0) is 20.1. The molecule has 0 bridgehead atoms. The lowest BCUT2D eigenvalue weighted by atomic mass is 9.86. The minimum Gasteiger partial charge on any atom is -0.340 e. The van der Waals surface area contributed by atoms with Crippen LogP contribution >= 0.6 is 22.9 Å². The number of rotatable bonds is 6. The van der Waals surface area contributed by atoms with Gasteiger partial charge in [-0.25, -0.2) is 4.98 Å². The Balaban J connectivity index is 1.21. The van der Waals surface area contributed by atoms with Gasteiger partial charge in [0.2, 0.25) is 5.91 Å². The van der Waals surface area contributed by atoms with E-state index in [1.807, 2.05) is 24.3 Å². The molecule has 2 heterocycles. The lowest BCUT2D eigenvalue weighted by Gasteiger charge is -2.34. The Morgan fingerprint density at radius 1 is 1.07 bits per heavy atom. The molecule has 1 aromatic carbocycles. The average molecular weight is 432 g/mol. The molecule has 2 aromatic rings. The fourth-order valence-corrected chi connectivity index (χ4v) is 5.42. The topological polar surface area (TPSA) is 36.4 Å². The van der Waals surface area contributed by atoms with Crippen molar-refractivity contribution in [3.63, 3.8) is 0 Å². The zero-order valence-electron chi connectivity index (χ0n) is 17.0. The van der Waals surface area contributed by atoms with Gasteiger partial charge >= 0.3 is 0 Å². The highest BCUT2D eigenvalue weighted by Gasteiger charge is 2.23. The van der Waals surface area contributed by atoms with Crippen LogP contribution in [0.3, 0.4) is 0 Å². The molecule has 0 spiro atoms. The van der Waals surface area contributed by atoms with Crippen LogP contribution in [0, 0.1) is 5.92 Å². The van der Waals surface area contributed by atoms with E-state index in [-0.39, 0.29) is 0 Å². The molecule has 0 unspecified atom stereocenters. The summed E-state index contributed by atoms with van der Waals surface area (Å²) in [5, 5.41) is 3.99. The zero-order valence-corrected chi connectivity index (χ0v) is 18.6. The largest absolute Gasteiger partial charge is 0.340 e. The van der Waals surface area contributed by atoms with E-state index >= 15 is 0 Å². The Morgan fingerprint density at radius 3 is 2.52 bits per heavy atom. The van der Waals surface area contributed by atoms with Crippen LogP contribution in [-0.2, 0) is 11.3 Å². The maximum Gasteiger partial charge on any atom is 0.222 e. The maximum absolute atomic E-state index is 12.6. The van der Waals surface area contributed by atoms with E-state index in [0.29, 0.717) is 5.91 Å². The van der Waals surface area contributed by atoms with E-state index < -0.39 is 0 Å². The lowest BCUT2D eigenvalue weighted by molar-refractivity contribution is -0.133. The Bertz CT molecular complexity index is 793. The molecule has 6 heteroatoms. The smallest absolute Gasteiger partial charge is 0.222 e. The molecule has 0 radical (unpaired) electrons. The van der Waals surface area contributed by atoms with Gasteiger partial charge in [-0.05, 0) is 24.5 Å². The van der Waals surface area contributed by atoms with Crippen molar-refractivity contribution in [3.8, 4) is 11.3 Å². The van der Waals surface area contributed by atoms with E-state index in [1.165, 1.54) is 32.1 Å². The van der Waals surface area contributed by atoms with E-state index in [9.17, 15) is 4.79 Å². The molecule has 1 saturated heterocycles. The molecule has 1 aliphatic carbocycles. The molecule has 1 aliphatic heterocycles. The summed E-state index contributed by atoms with van der Waals surface area (Å²) in [5.74, 6) is 1.14. The van der Waals surface area contributed by atoms with Crippen LogP contribution < -0.4 is 0 Å². The Kier molecular flexibility index (Phi) is 7.22. The molecule has 29 heavy (non-hydrogen) atoms. The van der Waals surface area contributed by atoms with Gasteiger partial charge in [0.15, 0.2) is 0 Å². The normalized spacial score (nSPS) is 18.9. The number of halogens is 1. The molecule has 4 nitrogen and oxygen atoms in total. The van der Waals surface area contributed by atoms with Crippen LogP contribution in [0.4, 0.5) is 0 Å². The van der Waals surface area contributed by atoms with Gasteiger partial charge in [-0.3, -0.25) is 9.69 Å². The molecule has 1 amide bonds. The number of amides is 1. The summed E-state index contributed by atoms with van der Waals surface area (Å²) in [6, 6.07) is 7.83. The second-order valence-corrected chi connectivity index (χ2v) is 9.71. The summed E-state index contributed by atoms with van der Waals surface area (Å²) in [6.07, 6.45) is 8.57. The van der Waals surface area contributed by atoms with Crippen molar-refractivity contribution in [1.29, 1.82) is 0 Å². The van der Waals surface area contributed by atoms with Gasteiger partial charge in [-0.1, -0.05) is 55.8 Å². The molecule has 0 N–H and O–H groups in total. The minimum absolute atomic E-state index is 0.356. The Morgan fingerprint density at radius 2 is 1.79 bits per heavy atom. The molecule has 4 rings (SSSR count). The first-order valence-corrected chi connectivity index (χ1v) is 12.1. The molecular formula is C23H30ClN3OS. The van der Waals surface area contributed by atoms with Gasteiger partial charge < -0.3 is 4.90 Å². The summed E-state index contributed by atoms with van der Waals surface area (Å²) < 4.78 is 0. The van der Waals surface area contributed by atoms with E-state index in [2.05, 4.69) is 15.2 Å². The predicted molar refractivity (Wildman–Crippen MR) is 120 cm³/mol. The van der Waals surface area contributed by atoms with Crippen molar-refractivity contribution >= 4 is 28.8 Å². The summed E-state index contributed by atoms with van der Waals surface area (Å²) in [5.41, 5.74) is 2.11. The van der Waals surface area contributed by atoms with Crippen LogP contribution in [0.2, 0.25) is 5.02 Å². The van der Waals surface area contributed by atoms with Gasteiger partial charge in [0.25, 0.3) is 0 Å². The highest BCUT2D eigenvalue weighted by molar-refractivity contribution is 7.09. The number of hydrogen-bond donors (Lipinski definition) is 0. The van der Waals surface area contributed by atoms with E-state index in [1.54, 1.807) is 11.3 Å². The molecule has 156 valence electrons. The highest BCUT2D eigenvalue weighted by Crippen LogP contribution is 2.28. The van der Waals surface area contributed by atoms with E-state index in [4.69, 9.17) is 16.6 Å². The maximum atomic E-state index is 12.6. The second-order valence-electron chi connectivity index (χ2n) is 8.33. The number of carbonyl (C=O) groups excluding carboxylic acids is 1. The summed E-state index contributed by atoms with van der Waals surface area (Å²) >= 11 is 7.68. The van der Waals surface area contributed by atoms with Crippen LogP contribution in [-0.4, -0.2) is 46.9 Å². The number of piperazine rings is 1. The standard InChI is InChI=1S/C23H30ClN3OS/c24-20-9-7-19(8-10-20)21-17-29-22(25-21)16-26-12-14-27(15-13-26)23(28)11-6-18-4-2-1-3-5-18/h7-10,17-18H,1-6,11-16H2. The second kappa shape index (κ2) is 10.1. The molecule has 1 saturated carbocycles. The molecule has 1 aromatic heterocycles. The van der Waals surface area contributed by atoms with Gasteiger partial charge in [-0.15, -0.1) is 11.3 Å². The first kappa shape index (κ1) is 20.8. The quantitative estimate of drug-likeness (QED) is 0.608. The highest BCUT2D eigenvalue weighted by atomic mass is 35.5. The monoisotopic (exact) mass is 431 g/mol. The Hall–Kier alpha value is -1.43. The van der Waals surface area contributed by atoms with Gasteiger partial charge in [0.05, 0.1) is 12.2 Å². The van der Waals surface area contributed by atoms with Crippen molar-refractivity contribution in [1.82, 2.24) is 14.8 Å². The number of benzene rings is 1. The van der Waals surface area contributed by atoms with Crippen molar-refractivity contribution in [3.05, 3.63) is 39.7 Å². The third kappa shape index (κ3) is 5.80. The number of carbonyl (C=O) groups is 1. The molecule has 2 aliphatic rings. The molecular weight excluding hydrogens is 402 g/mol. The summed E-state index contributed by atoms with van der Waals surface area (Å²) in [6.45, 7) is 4.43. The third-order valence-electron chi connectivity index (χ3n) is 6.27. The van der Waals surface area contributed by atoms with Crippen LogP contribution in [0.25, 0.3) is 11.3 Å². The Labute approximate surface area is 182 Å². The summed E-state index contributed by atoms with van der Waals surface area (Å²) in [7, 11) is 0. The van der Waals surface area contributed by atoms with Crippen molar-refractivity contribution in [2.45, 2.75) is 51.5 Å². The predicted octanol–water partition coefficient (Wildman–Crippen LogP) is 5.47. The fraction of sp³-hybridized carbons (Fsp3) is 0.565. The first-order valence-electron chi connectivity index (χ1n) is 10.9.